The Morgan fingerprint density at radius 2 is 1.95 bits per heavy atom. The lowest BCUT2D eigenvalue weighted by molar-refractivity contribution is 0.314. The van der Waals surface area contributed by atoms with E-state index in [1.54, 1.807) is 0 Å². The molecule has 0 saturated carbocycles. The number of aromatic nitrogens is 3. The minimum absolute atomic E-state index is 0.0628. The molecule has 0 aliphatic carbocycles. The van der Waals surface area contributed by atoms with Crippen molar-refractivity contribution in [3.05, 3.63) is 46.3 Å². The number of hydrogen-bond acceptors (Lipinski definition) is 5. The molecule has 0 atom stereocenters. The Hall–Kier alpha value is -2.77. The maximum Gasteiger partial charge on any atom is 0.273 e. The van der Waals surface area contributed by atoms with Crippen molar-refractivity contribution in [2.75, 3.05) is 5.32 Å². The van der Waals surface area contributed by atoms with Gasteiger partial charge in [-0.1, -0.05) is 6.07 Å². The first-order chi connectivity index (χ1) is 9.15. The Bertz CT molecular complexity index is 792. The predicted octanol–water partition coefficient (Wildman–Crippen LogP) is 1.93. The summed E-state index contributed by atoms with van der Waals surface area (Å²) >= 11 is 0. The molecular formula is C11H6F2N4O2. The average molecular weight is 264 g/mol. The quantitative estimate of drug-likeness (QED) is 0.738. The van der Waals surface area contributed by atoms with Crippen LogP contribution in [-0.2, 0) is 0 Å². The van der Waals surface area contributed by atoms with E-state index in [9.17, 15) is 13.6 Å². The summed E-state index contributed by atoms with van der Waals surface area (Å²) < 4.78 is 31.3. The van der Waals surface area contributed by atoms with E-state index in [-0.39, 0.29) is 16.9 Å². The molecule has 6 nitrogen and oxygen atoms in total. The van der Waals surface area contributed by atoms with E-state index in [0.717, 1.165) is 12.1 Å². The van der Waals surface area contributed by atoms with Crippen LogP contribution in [0.4, 0.5) is 20.2 Å². The molecule has 3 aromatic rings. The fourth-order valence-electron chi connectivity index (χ4n) is 1.60. The average Bonchev–Trinajstić information content (AvgIpc) is 2.81. The van der Waals surface area contributed by atoms with Crippen molar-refractivity contribution in [2.24, 2.45) is 0 Å². The molecule has 2 aromatic heterocycles. The highest BCUT2D eigenvalue weighted by Gasteiger charge is 2.12. The van der Waals surface area contributed by atoms with Crippen LogP contribution >= 0.6 is 0 Å². The van der Waals surface area contributed by atoms with Crippen LogP contribution in [0.2, 0.25) is 0 Å². The minimum Gasteiger partial charge on any atom is -0.346 e. The van der Waals surface area contributed by atoms with Gasteiger partial charge in [0.1, 0.15) is 23.0 Å². The zero-order chi connectivity index (χ0) is 13.4. The number of benzene rings is 1. The summed E-state index contributed by atoms with van der Waals surface area (Å²) in [6.07, 6.45) is 0. The highest BCUT2D eigenvalue weighted by molar-refractivity contribution is 5.74. The van der Waals surface area contributed by atoms with E-state index in [1.165, 1.54) is 12.1 Å². The van der Waals surface area contributed by atoms with E-state index >= 15 is 0 Å². The molecule has 2 N–H and O–H groups in total. The number of para-hydroxylation sites is 1. The molecule has 3 rings (SSSR count). The van der Waals surface area contributed by atoms with E-state index in [4.69, 9.17) is 0 Å². The van der Waals surface area contributed by atoms with Crippen LogP contribution in [0.25, 0.3) is 11.2 Å². The number of nitrogens with zero attached hydrogens (tertiary/aromatic N) is 2. The van der Waals surface area contributed by atoms with E-state index in [2.05, 4.69) is 25.2 Å². The van der Waals surface area contributed by atoms with Gasteiger partial charge in [0.25, 0.3) is 5.56 Å². The third-order valence-corrected chi connectivity index (χ3v) is 2.49. The van der Waals surface area contributed by atoms with Gasteiger partial charge in [-0.2, -0.15) is 0 Å². The first kappa shape index (κ1) is 11.3. The smallest absolute Gasteiger partial charge is 0.273 e. The molecule has 0 fully saturated rings. The lowest BCUT2D eigenvalue weighted by Gasteiger charge is -2.07. The van der Waals surface area contributed by atoms with Gasteiger partial charge in [-0.15, -0.1) is 0 Å². The van der Waals surface area contributed by atoms with Crippen LogP contribution in [-0.4, -0.2) is 15.3 Å². The van der Waals surface area contributed by atoms with Gasteiger partial charge in [-0.25, -0.2) is 13.4 Å². The molecule has 0 unspecified atom stereocenters. The highest BCUT2D eigenvalue weighted by atomic mass is 19.1. The lowest BCUT2D eigenvalue weighted by Crippen LogP contribution is -2.12. The third-order valence-electron chi connectivity index (χ3n) is 2.49. The van der Waals surface area contributed by atoms with Crippen molar-refractivity contribution in [1.29, 1.82) is 0 Å². The number of fused-ring (bicyclic) bond motifs is 1. The fraction of sp³-hybridized carbons (Fsp3) is 0. The van der Waals surface area contributed by atoms with Crippen molar-refractivity contribution in [3.63, 3.8) is 0 Å². The Morgan fingerprint density at radius 3 is 2.68 bits per heavy atom. The lowest BCUT2D eigenvalue weighted by atomic mass is 10.2. The second-order valence-corrected chi connectivity index (χ2v) is 3.73. The summed E-state index contributed by atoms with van der Waals surface area (Å²) in [6, 6.07) is 4.67. The number of pyridine rings is 1. The minimum atomic E-state index is -0.808. The van der Waals surface area contributed by atoms with Crippen LogP contribution < -0.4 is 10.9 Å². The molecule has 0 aliphatic rings. The number of anilines is 2. The molecule has 0 spiro atoms. The standard InChI is InChI=1S/C11H6F2N4O2/c12-5-2-1-3-6(13)9(5)14-8-4-7-10(15-11(8)18)17-19-16-7/h1-4,14H,(H,15,17,18). The van der Waals surface area contributed by atoms with Gasteiger partial charge in [-0.05, 0) is 22.4 Å². The van der Waals surface area contributed by atoms with Gasteiger partial charge in [0.05, 0.1) is 0 Å². The zero-order valence-corrected chi connectivity index (χ0v) is 9.28. The maximum atomic E-state index is 13.5. The fourth-order valence-corrected chi connectivity index (χ4v) is 1.60. The van der Waals surface area contributed by atoms with E-state index in [0.29, 0.717) is 0 Å². The number of halogens is 2. The zero-order valence-electron chi connectivity index (χ0n) is 9.28. The van der Waals surface area contributed by atoms with Gasteiger partial charge in [-0.3, -0.25) is 4.79 Å². The Morgan fingerprint density at radius 1 is 1.21 bits per heavy atom. The molecule has 8 heteroatoms. The van der Waals surface area contributed by atoms with Crippen LogP contribution in [0.3, 0.4) is 0 Å². The van der Waals surface area contributed by atoms with Crippen molar-refractivity contribution >= 4 is 22.5 Å². The number of H-pyrrole nitrogens is 1. The molecule has 1 aromatic carbocycles. The third kappa shape index (κ3) is 1.92. The summed E-state index contributed by atoms with van der Waals surface area (Å²) in [5.41, 5.74) is -0.648. The highest BCUT2D eigenvalue weighted by Crippen LogP contribution is 2.22. The maximum absolute atomic E-state index is 13.5. The molecule has 0 aliphatic heterocycles. The summed E-state index contributed by atoms with van der Waals surface area (Å²) in [6.45, 7) is 0. The number of hydrogen-bond donors (Lipinski definition) is 2. The van der Waals surface area contributed by atoms with Crippen molar-refractivity contribution in [3.8, 4) is 0 Å². The van der Waals surface area contributed by atoms with Crippen molar-refractivity contribution < 1.29 is 13.4 Å². The topological polar surface area (TPSA) is 83.8 Å². The van der Waals surface area contributed by atoms with Gasteiger partial charge < -0.3 is 10.3 Å². The van der Waals surface area contributed by atoms with E-state index < -0.39 is 22.9 Å². The van der Waals surface area contributed by atoms with Gasteiger partial charge in [0.15, 0.2) is 5.52 Å². The molecule has 0 bridgehead atoms. The van der Waals surface area contributed by atoms with Crippen LogP contribution in [0.5, 0.6) is 0 Å². The normalized spacial score (nSPS) is 10.8. The second kappa shape index (κ2) is 4.16. The number of nitrogens with one attached hydrogen (secondary N) is 2. The monoisotopic (exact) mass is 264 g/mol. The van der Waals surface area contributed by atoms with Crippen molar-refractivity contribution in [2.45, 2.75) is 0 Å². The van der Waals surface area contributed by atoms with Gasteiger partial charge in [0.2, 0.25) is 5.65 Å². The molecule has 96 valence electrons. The Labute approximate surface area is 104 Å². The summed E-state index contributed by atoms with van der Waals surface area (Å²) in [5, 5.41) is 9.36. The van der Waals surface area contributed by atoms with Crippen molar-refractivity contribution in [1.82, 2.24) is 15.3 Å². The SMILES string of the molecule is O=c1[nH]c2nonc2cc1Nc1c(F)cccc1F. The van der Waals surface area contributed by atoms with Crippen LogP contribution in [0.15, 0.2) is 33.7 Å². The molecular weight excluding hydrogens is 258 g/mol. The molecule has 0 amide bonds. The van der Waals surface area contributed by atoms with Crippen LogP contribution in [0, 0.1) is 11.6 Å². The second-order valence-electron chi connectivity index (χ2n) is 3.73. The molecule has 19 heavy (non-hydrogen) atoms. The molecule has 2 heterocycles. The first-order valence-electron chi connectivity index (χ1n) is 5.22. The Balaban J connectivity index is 2.10. The summed E-state index contributed by atoms with van der Waals surface area (Å²) in [4.78, 5) is 14.1. The number of rotatable bonds is 2. The largest absolute Gasteiger partial charge is 0.346 e. The molecule has 0 saturated heterocycles. The summed E-state index contributed by atoms with van der Waals surface area (Å²) in [7, 11) is 0. The Kier molecular flexibility index (Phi) is 2.48. The van der Waals surface area contributed by atoms with E-state index in [1.807, 2.05) is 0 Å². The van der Waals surface area contributed by atoms with Crippen LogP contribution in [0.1, 0.15) is 0 Å². The van der Waals surface area contributed by atoms with Gasteiger partial charge >= 0.3 is 0 Å². The van der Waals surface area contributed by atoms with Gasteiger partial charge in [0, 0.05) is 6.07 Å². The summed E-state index contributed by atoms with van der Waals surface area (Å²) in [5.74, 6) is -1.62. The molecule has 0 radical (unpaired) electrons. The number of aromatic amines is 1. The first-order valence-corrected chi connectivity index (χ1v) is 5.22. The predicted molar refractivity (Wildman–Crippen MR) is 62.1 cm³/mol.